The topological polar surface area (TPSA) is 41.9 Å². The van der Waals surface area contributed by atoms with E-state index in [1.165, 1.54) is 30.4 Å². The molecule has 0 bridgehead atoms. The lowest BCUT2D eigenvalue weighted by Gasteiger charge is -2.42. The lowest BCUT2D eigenvalue weighted by molar-refractivity contribution is 0.0358. The van der Waals surface area contributed by atoms with E-state index in [9.17, 15) is 5.11 Å². The van der Waals surface area contributed by atoms with Crippen molar-refractivity contribution in [3.63, 3.8) is 0 Å². The average molecular weight is 331 g/mol. The molecule has 132 valence electrons. The van der Waals surface area contributed by atoms with E-state index >= 15 is 0 Å². The minimum Gasteiger partial charge on any atom is -0.493 e. The van der Waals surface area contributed by atoms with E-state index in [0.717, 1.165) is 43.9 Å². The van der Waals surface area contributed by atoms with Crippen LogP contribution in [0.25, 0.3) is 0 Å². The zero-order valence-electron chi connectivity index (χ0n) is 14.8. The summed E-state index contributed by atoms with van der Waals surface area (Å²) >= 11 is 0. The van der Waals surface area contributed by atoms with Crippen LogP contribution in [0.1, 0.15) is 56.2 Å². The highest BCUT2D eigenvalue weighted by molar-refractivity contribution is 5.49. The van der Waals surface area contributed by atoms with E-state index in [1.807, 2.05) is 0 Å². The number of ether oxygens (including phenoxy) is 2. The van der Waals surface area contributed by atoms with Crippen molar-refractivity contribution in [1.82, 2.24) is 4.90 Å². The van der Waals surface area contributed by atoms with Gasteiger partial charge in [-0.2, -0.15) is 0 Å². The van der Waals surface area contributed by atoms with Crippen LogP contribution in [0.5, 0.6) is 11.5 Å². The van der Waals surface area contributed by atoms with Gasteiger partial charge in [0.25, 0.3) is 0 Å². The second-order valence-corrected chi connectivity index (χ2v) is 7.70. The molecule has 3 atom stereocenters. The Balaban J connectivity index is 1.61. The Hall–Kier alpha value is -1.26. The molecule has 3 aliphatic rings. The number of nitrogens with zero attached hydrogens (tertiary/aromatic N) is 1. The zero-order chi connectivity index (χ0) is 16.7. The molecule has 2 unspecified atom stereocenters. The minimum absolute atomic E-state index is 0.183. The summed E-state index contributed by atoms with van der Waals surface area (Å²) in [5, 5.41) is 10.1. The molecule has 2 heterocycles. The lowest BCUT2D eigenvalue weighted by atomic mass is 9.81. The number of rotatable bonds is 4. The molecule has 1 aliphatic carbocycles. The van der Waals surface area contributed by atoms with Gasteiger partial charge in [0.05, 0.1) is 19.3 Å². The maximum absolute atomic E-state index is 10.1. The van der Waals surface area contributed by atoms with Crippen molar-refractivity contribution >= 4 is 0 Å². The molecular formula is C20H29NO3. The second-order valence-electron chi connectivity index (χ2n) is 7.70. The molecule has 0 spiro atoms. The van der Waals surface area contributed by atoms with Crippen molar-refractivity contribution in [3.8, 4) is 11.5 Å². The molecule has 4 rings (SSSR count). The number of fused-ring (bicyclic) bond motifs is 3. The van der Waals surface area contributed by atoms with Gasteiger partial charge in [-0.05, 0) is 68.2 Å². The first-order valence-electron chi connectivity index (χ1n) is 9.45. The van der Waals surface area contributed by atoms with E-state index in [4.69, 9.17) is 9.47 Å². The van der Waals surface area contributed by atoms with Crippen LogP contribution in [0.3, 0.4) is 0 Å². The highest BCUT2D eigenvalue weighted by atomic mass is 16.5. The molecule has 1 saturated heterocycles. The summed E-state index contributed by atoms with van der Waals surface area (Å²) in [5.41, 5.74) is 2.68. The summed E-state index contributed by atoms with van der Waals surface area (Å²) in [4.78, 5) is 2.51. The summed E-state index contributed by atoms with van der Waals surface area (Å²) in [7, 11) is 1.72. The van der Waals surface area contributed by atoms with Crippen LogP contribution in [0.2, 0.25) is 0 Å². The van der Waals surface area contributed by atoms with Gasteiger partial charge in [0.1, 0.15) is 0 Å². The van der Waals surface area contributed by atoms with Crippen LogP contribution in [0, 0.1) is 5.92 Å². The van der Waals surface area contributed by atoms with Crippen LogP contribution in [0.4, 0.5) is 0 Å². The van der Waals surface area contributed by atoms with Crippen molar-refractivity contribution in [2.45, 2.75) is 63.7 Å². The largest absolute Gasteiger partial charge is 0.493 e. The smallest absolute Gasteiger partial charge is 0.161 e. The van der Waals surface area contributed by atoms with Crippen LogP contribution in [0.15, 0.2) is 12.1 Å². The number of hydrogen-bond acceptors (Lipinski definition) is 4. The second kappa shape index (κ2) is 6.57. The van der Waals surface area contributed by atoms with Gasteiger partial charge >= 0.3 is 0 Å². The van der Waals surface area contributed by atoms with Crippen molar-refractivity contribution in [2.24, 2.45) is 5.92 Å². The SMILES string of the molecule is COc1cc2c(cc1O[C@H](C)C1CCC1)CCN1CCC(O)CC21. The van der Waals surface area contributed by atoms with Crippen LogP contribution >= 0.6 is 0 Å². The monoisotopic (exact) mass is 331 g/mol. The third kappa shape index (κ3) is 2.91. The zero-order valence-corrected chi connectivity index (χ0v) is 14.8. The molecule has 4 nitrogen and oxygen atoms in total. The first-order valence-corrected chi connectivity index (χ1v) is 9.45. The molecule has 1 N–H and O–H groups in total. The summed E-state index contributed by atoms with van der Waals surface area (Å²) in [6.07, 6.45) is 6.74. The van der Waals surface area contributed by atoms with Gasteiger partial charge in [-0.25, -0.2) is 0 Å². The van der Waals surface area contributed by atoms with E-state index in [0.29, 0.717) is 12.0 Å². The van der Waals surface area contributed by atoms with Gasteiger partial charge in [-0.15, -0.1) is 0 Å². The number of piperidine rings is 1. The summed E-state index contributed by atoms with van der Waals surface area (Å²) < 4.78 is 11.9. The van der Waals surface area contributed by atoms with Gasteiger partial charge in [-0.3, -0.25) is 4.90 Å². The van der Waals surface area contributed by atoms with Crippen LogP contribution in [-0.2, 0) is 6.42 Å². The maximum atomic E-state index is 10.1. The van der Waals surface area contributed by atoms with Crippen LogP contribution < -0.4 is 9.47 Å². The first kappa shape index (κ1) is 16.2. The van der Waals surface area contributed by atoms with E-state index in [1.54, 1.807) is 7.11 Å². The quantitative estimate of drug-likeness (QED) is 0.919. The number of hydrogen-bond donors (Lipinski definition) is 1. The number of benzene rings is 1. The highest BCUT2D eigenvalue weighted by Gasteiger charge is 2.34. The molecule has 0 amide bonds. The van der Waals surface area contributed by atoms with Crippen LogP contribution in [-0.4, -0.2) is 42.4 Å². The first-order chi connectivity index (χ1) is 11.7. The molecule has 4 heteroatoms. The molecule has 2 fully saturated rings. The number of aliphatic hydroxyl groups is 1. The average Bonchev–Trinajstić information content (AvgIpc) is 2.52. The Labute approximate surface area is 144 Å². The summed E-state index contributed by atoms with van der Waals surface area (Å²) in [6.45, 7) is 4.25. The molecule has 1 aromatic rings. The summed E-state index contributed by atoms with van der Waals surface area (Å²) in [5.74, 6) is 2.41. The predicted octanol–water partition coefficient (Wildman–Crippen LogP) is 3.32. The van der Waals surface area contributed by atoms with Gasteiger partial charge in [0, 0.05) is 19.1 Å². The van der Waals surface area contributed by atoms with E-state index in [-0.39, 0.29) is 12.2 Å². The van der Waals surface area contributed by atoms with Gasteiger partial charge in [0.2, 0.25) is 0 Å². The fourth-order valence-corrected chi connectivity index (χ4v) is 4.45. The van der Waals surface area contributed by atoms with Gasteiger partial charge in [0.15, 0.2) is 11.5 Å². The Morgan fingerprint density at radius 1 is 1.17 bits per heavy atom. The molecule has 0 radical (unpaired) electrons. The molecule has 1 saturated carbocycles. The molecule has 1 aromatic carbocycles. The Bertz CT molecular complexity index is 599. The normalized spacial score (nSPS) is 28.5. The lowest BCUT2D eigenvalue weighted by Crippen LogP contribution is -2.42. The number of methoxy groups -OCH3 is 1. The fourth-order valence-electron chi connectivity index (χ4n) is 4.45. The van der Waals surface area contributed by atoms with Crippen molar-refractivity contribution in [3.05, 3.63) is 23.3 Å². The highest BCUT2D eigenvalue weighted by Crippen LogP contribution is 2.43. The minimum atomic E-state index is -0.183. The third-order valence-electron chi connectivity index (χ3n) is 6.27. The van der Waals surface area contributed by atoms with Gasteiger partial charge in [-0.1, -0.05) is 6.42 Å². The van der Waals surface area contributed by atoms with Crippen molar-refractivity contribution < 1.29 is 14.6 Å². The Morgan fingerprint density at radius 3 is 2.71 bits per heavy atom. The Morgan fingerprint density at radius 2 is 2.00 bits per heavy atom. The molecular weight excluding hydrogens is 302 g/mol. The standard InChI is InChI=1S/C20H29NO3/c1-13(14-4-3-5-14)24-20-10-15-6-8-21-9-7-16(22)11-18(21)17(15)12-19(20)23-2/h10,12-14,16,18,22H,3-9,11H2,1-2H3/t13-,16?,18?/m1/s1. The van der Waals surface area contributed by atoms with Crippen molar-refractivity contribution in [1.29, 1.82) is 0 Å². The fraction of sp³-hybridized carbons (Fsp3) is 0.700. The van der Waals surface area contributed by atoms with Crippen molar-refractivity contribution in [2.75, 3.05) is 20.2 Å². The summed E-state index contributed by atoms with van der Waals surface area (Å²) in [6, 6.07) is 4.68. The molecule has 0 aromatic heterocycles. The third-order valence-corrected chi connectivity index (χ3v) is 6.27. The predicted molar refractivity (Wildman–Crippen MR) is 93.7 cm³/mol. The van der Waals surface area contributed by atoms with E-state index in [2.05, 4.69) is 24.0 Å². The Kier molecular flexibility index (Phi) is 4.44. The molecule has 2 aliphatic heterocycles. The molecule has 24 heavy (non-hydrogen) atoms. The van der Waals surface area contributed by atoms with Gasteiger partial charge < -0.3 is 14.6 Å². The maximum Gasteiger partial charge on any atom is 0.161 e. The van der Waals surface area contributed by atoms with E-state index < -0.39 is 0 Å². The number of aliphatic hydroxyl groups excluding tert-OH is 1.